The second kappa shape index (κ2) is 10.5. The fraction of sp³-hybridized carbons (Fsp3) is 0.208. The summed E-state index contributed by atoms with van der Waals surface area (Å²) in [5, 5.41) is 2.73. The van der Waals surface area contributed by atoms with E-state index in [1.54, 1.807) is 47.6 Å². The number of methoxy groups -OCH3 is 1. The highest BCUT2D eigenvalue weighted by Gasteiger charge is 2.21. The second-order valence-corrected chi connectivity index (χ2v) is 7.16. The van der Waals surface area contributed by atoms with Crippen molar-refractivity contribution in [1.29, 1.82) is 0 Å². The van der Waals surface area contributed by atoms with Crippen molar-refractivity contribution >= 4 is 28.5 Å². The van der Waals surface area contributed by atoms with E-state index in [9.17, 15) is 14.0 Å². The van der Waals surface area contributed by atoms with Crippen molar-refractivity contribution in [1.82, 2.24) is 14.5 Å². The van der Waals surface area contributed by atoms with Crippen LogP contribution >= 0.6 is 0 Å². The van der Waals surface area contributed by atoms with Crippen molar-refractivity contribution in [3.63, 3.8) is 0 Å². The highest BCUT2D eigenvalue weighted by molar-refractivity contribution is 6.07. The van der Waals surface area contributed by atoms with Crippen molar-refractivity contribution in [2.24, 2.45) is 0 Å². The zero-order chi connectivity index (χ0) is 23.1. The van der Waals surface area contributed by atoms with E-state index in [1.807, 2.05) is 4.57 Å². The number of rotatable bonds is 10. The molecule has 0 aliphatic carbocycles. The fourth-order valence-corrected chi connectivity index (χ4v) is 3.40. The predicted molar refractivity (Wildman–Crippen MR) is 122 cm³/mol. The summed E-state index contributed by atoms with van der Waals surface area (Å²) in [5.74, 6) is -0.912. The minimum Gasteiger partial charge on any atom is -0.375 e. The maximum atomic E-state index is 13.5. The van der Waals surface area contributed by atoms with Gasteiger partial charge < -0.3 is 19.5 Å². The van der Waals surface area contributed by atoms with Gasteiger partial charge in [-0.25, -0.2) is 9.37 Å². The van der Waals surface area contributed by atoms with Gasteiger partial charge in [-0.3, -0.25) is 9.59 Å². The third-order valence-electron chi connectivity index (χ3n) is 4.76. The smallest absolute Gasteiger partial charge is 0.256 e. The summed E-state index contributed by atoms with van der Waals surface area (Å²) in [4.78, 5) is 31.5. The van der Waals surface area contributed by atoms with Crippen LogP contribution in [0.2, 0.25) is 0 Å². The lowest BCUT2D eigenvalue weighted by molar-refractivity contribution is -0.119. The van der Waals surface area contributed by atoms with Gasteiger partial charge in [0.1, 0.15) is 12.4 Å². The van der Waals surface area contributed by atoms with E-state index in [0.29, 0.717) is 41.9 Å². The molecule has 1 aromatic heterocycles. The summed E-state index contributed by atoms with van der Waals surface area (Å²) >= 11 is 0. The lowest BCUT2D eigenvalue weighted by Crippen LogP contribution is -2.32. The summed E-state index contributed by atoms with van der Waals surface area (Å²) in [6.45, 7) is 8.39. The Kier molecular flexibility index (Phi) is 7.51. The summed E-state index contributed by atoms with van der Waals surface area (Å²) in [6, 6.07) is 9.47. The molecular formula is C24H25FN4O3. The van der Waals surface area contributed by atoms with Crippen LogP contribution in [0.1, 0.15) is 15.9 Å². The zero-order valence-electron chi connectivity index (χ0n) is 17.9. The first-order valence-corrected chi connectivity index (χ1v) is 10.00. The molecule has 1 heterocycles. The molecular weight excluding hydrogens is 411 g/mol. The molecule has 0 spiro atoms. The summed E-state index contributed by atoms with van der Waals surface area (Å²) in [6.07, 6.45) is 4.90. The standard InChI is InChI=1S/C24H25FN4O3/c1-4-10-28(11-5-2)24(31)20-12-19(27-22(30)15-32-3)13-21-23(20)29(16-26-21)14-17-6-8-18(25)9-7-17/h4-9,12-13,16H,1-2,10-11,14-15H2,3H3,(H,27,30). The van der Waals surface area contributed by atoms with Crippen molar-refractivity contribution in [3.05, 3.63) is 85.0 Å². The maximum absolute atomic E-state index is 13.5. The number of nitrogens with zero attached hydrogens (tertiary/aromatic N) is 3. The Hall–Kier alpha value is -3.78. The Morgan fingerprint density at radius 3 is 2.50 bits per heavy atom. The first-order chi connectivity index (χ1) is 15.5. The maximum Gasteiger partial charge on any atom is 0.256 e. The number of amides is 2. The van der Waals surface area contributed by atoms with Crippen LogP contribution in [0.5, 0.6) is 0 Å². The van der Waals surface area contributed by atoms with Crippen molar-refractivity contribution < 1.29 is 18.7 Å². The lowest BCUT2D eigenvalue weighted by atomic mass is 10.1. The molecule has 0 saturated carbocycles. The zero-order valence-corrected chi connectivity index (χ0v) is 17.9. The van der Waals surface area contributed by atoms with E-state index in [0.717, 1.165) is 5.56 Å². The molecule has 7 nitrogen and oxygen atoms in total. The Morgan fingerprint density at radius 2 is 1.88 bits per heavy atom. The van der Waals surface area contributed by atoms with Gasteiger partial charge in [0.2, 0.25) is 5.91 Å². The van der Waals surface area contributed by atoms with Crippen LogP contribution < -0.4 is 5.32 Å². The molecule has 0 saturated heterocycles. The molecule has 2 amide bonds. The average Bonchev–Trinajstić information content (AvgIpc) is 3.17. The van der Waals surface area contributed by atoms with Crippen LogP contribution in [0.15, 0.2) is 68.0 Å². The monoisotopic (exact) mass is 436 g/mol. The molecule has 0 unspecified atom stereocenters. The van der Waals surface area contributed by atoms with Gasteiger partial charge in [-0.1, -0.05) is 24.3 Å². The normalized spacial score (nSPS) is 10.7. The van der Waals surface area contributed by atoms with Gasteiger partial charge in [-0.15, -0.1) is 13.2 Å². The first kappa shape index (κ1) is 22.9. The van der Waals surface area contributed by atoms with E-state index in [2.05, 4.69) is 23.5 Å². The lowest BCUT2D eigenvalue weighted by Gasteiger charge is -2.21. The molecule has 0 aliphatic heterocycles. The molecule has 1 N–H and O–H groups in total. The molecule has 0 fully saturated rings. The van der Waals surface area contributed by atoms with E-state index >= 15 is 0 Å². The SMILES string of the molecule is C=CCN(CC=C)C(=O)c1cc(NC(=O)COC)cc2ncn(Cc3ccc(F)cc3)c12. The van der Waals surface area contributed by atoms with Gasteiger partial charge in [0, 0.05) is 32.4 Å². The van der Waals surface area contributed by atoms with Crippen LogP contribution in [0.4, 0.5) is 10.1 Å². The quantitative estimate of drug-likeness (QED) is 0.493. The first-order valence-electron chi connectivity index (χ1n) is 10.00. The number of hydrogen-bond donors (Lipinski definition) is 1. The van der Waals surface area contributed by atoms with Crippen molar-refractivity contribution in [2.75, 3.05) is 32.1 Å². The number of anilines is 1. The largest absolute Gasteiger partial charge is 0.375 e. The van der Waals surface area contributed by atoms with Gasteiger partial charge in [0.25, 0.3) is 5.91 Å². The number of carbonyl (C=O) groups excluding carboxylic acids is 2. The van der Waals surface area contributed by atoms with Crippen LogP contribution in [-0.4, -0.2) is 53.1 Å². The molecule has 8 heteroatoms. The van der Waals surface area contributed by atoms with Crippen LogP contribution in [0, 0.1) is 5.82 Å². The molecule has 3 rings (SSSR count). The van der Waals surface area contributed by atoms with Gasteiger partial charge in [0.05, 0.1) is 22.9 Å². The molecule has 166 valence electrons. The molecule has 3 aromatic rings. The van der Waals surface area contributed by atoms with Gasteiger partial charge in [0.15, 0.2) is 0 Å². The van der Waals surface area contributed by atoms with E-state index in [4.69, 9.17) is 4.74 Å². The Bertz CT molecular complexity index is 1130. The molecule has 32 heavy (non-hydrogen) atoms. The number of aromatic nitrogens is 2. The van der Waals surface area contributed by atoms with E-state index < -0.39 is 0 Å². The minimum absolute atomic E-state index is 0.112. The number of ether oxygens (including phenoxy) is 1. The number of halogens is 1. The summed E-state index contributed by atoms with van der Waals surface area (Å²) in [7, 11) is 1.43. The number of fused-ring (bicyclic) bond motifs is 1. The minimum atomic E-state index is -0.343. The third-order valence-corrected chi connectivity index (χ3v) is 4.76. The highest BCUT2D eigenvalue weighted by Crippen LogP contribution is 2.26. The average molecular weight is 436 g/mol. The predicted octanol–water partition coefficient (Wildman–Crippen LogP) is 3.62. The molecule has 2 aromatic carbocycles. The summed E-state index contributed by atoms with van der Waals surface area (Å²) < 4.78 is 20.0. The number of carbonyl (C=O) groups is 2. The highest BCUT2D eigenvalue weighted by atomic mass is 19.1. The Balaban J connectivity index is 2.09. The van der Waals surface area contributed by atoms with Crippen LogP contribution in [-0.2, 0) is 16.1 Å². The molecule has 0 atom stereocenters. The summed E-state index contributed by atoms with van der Waals surface area (Å²) in [5.41, 5.74) is 2.83. The number of benzene rings is 2. The molecule has 0 radical (unpaired) electrons. The van der Waals surface area contributed by atoms with Gasteiger partial charge in [-0.05, 0) is 29.8 Å². The Morgan fingerprint density at radius 1 is 1.19 bits per heavy atom. The number of imidazole rings is 1. The van der Waals surface area contributed by atoms with E-state index in [-0.39, 0.29) is 24.2 Å². The van der Waals surface area contributed by atoms with E-state index in [1.165, 1.54) is 19.2 Å². The number of nitrogens with one attached hydrogen (secondary N) is 1. The second-order valence-electron chi connectivity index (χ2n) is 7.16. The van der Waals surface area contributed by atoms with Crippen molar-refractivity contribution in [3.8, 4) is 0 Å². The van der Waals surface area contributed by atoms with Crippen LogP contribution in [0.3, 0.4) is 0 Å². The fourth-order valence-electron chi connectivity index (χ4n) is 3.40. The third kappa shape index (κ3) is 5.28. The van der Waals surface area contributed by atoms with Crippen molar-refractivity contribution in [2.45, 2.75) is 6.54 Å². The molecule has 0 bridgehead atoms. The topological polar surface area (TPSA) is 76.5 Å². The molecule has 0 aliphatic rings. The van der Waals surface area contributed by atoms with Gasteiger partial charge >= 0.3 is 0 Å². The number of hydrogen-bond acceptors (Lipinski definition) is 4. The van der Waals surface area contributed by atoms with Gasteiger partial charge in [-0.2, -0.15) is 0 Å². The Labute approximate surface area is 185 Å². The van der Waals surface area contributed by atoms with Crippen LogP contribution in [0.25, 0.3) is 11.0 Å².